The maximum Gasteiger partial charge on any atom is 0.0522 e. The molecule has 1 atom stereocenters. The Labute approximate surface area is 129 Å². The molecule has 0 aliphatic rings. The first-order chi connectivity index (χ1) is 9.71. The Bertz CT molecular complexity index is 541. The lowest BCUT2D eigenvalue weighted by atomic mass is 10.1. The first kappa shape index (κ1) is 15.4. The second-order valence-electron chi connectivity index (χ2n) is 4.66. The third-order valence-electron chi connectivity index (χ3n) is 3.15. The van der Waals surface area contributed by atoms with E-state index in [1.54, 1.807) is 0 Å². The molecule has 1 unspecified atom stereocenters. The molecule has 0 aliphatic heterocycles. The number of benzene rings is 1. The van der Waals surface area contributed by atoms with Crippen LogP contribution in [0.1, 0.15) is 12.5 Å². The summed E-state index contributed by atoms with van der Waals surface area (Å²) in [6.07, 6.45) is 5.07. The summed E-state index contributed by atoms with van der Waals surface area (Å²) in [4.78, 5) is 1.21. The SMILES string of the molecule is CCn1cc(CC(CSc2cccc(Cl)c2)NC)cn1. The molecule has 0 aliphatic carbocycles. The lowest BCUT2D eigenvalue weighted by Gasteiger charge is -2.14. The van der Waals surface area contributed by atoms with E-state index in [-0.39, 0.29) is 0 Å². The first-order valence-electron chi connectivity index (χ1n) is 6.78. The summed E-state index contributed by atoms with van der Waals surface area (Å²) in [5.41, 5.74) is 1.28. The van der Waals surface area contributed by atoms with Gasteiger partial charge in [0.25, 0.3) is 0 Å². The molecule has 2 aromatic rings. The average Bonchev–Trinajstić information content (AvgIpc) is 2.91. The van der Waals surface area contributed by atoms with Gasteiger partial charge in [0.05, 0.1) is 6.20 Å². The number of thioether (sulfide) groups is 1. The van der Waals surface area contributed by atoms with Crippen LogP contribution in [0.25, 0.3) is 0 Å². The van der Waals surface area contributed by atoms with Crippen LogP contribution in [-0.4, -0.2) is 28.6 Å². The molecule has 3 nitrogen and oxygen atoms in total. The minimum absolute atomic E-state index is 0.425. The molecule has 0 amide bonds. The van der Waals surface area contributed by atoms with Crippen molar-refractivity contribution in [2.45, 2.75) is 30.8 Å². The number of rotatable bonds is 7. The predicted octanol–water partition coefficient (Wildman–Crippen LogP) is 3.48. The molecule has 0 radical (unpaired) electrons. The Morgan fingerprint density at radius 1 is 1.45 bits per heavy atom. The third-order valence-corrected chi connectivity index (χ3v) is 4.54. The number of nitrogens with zero attached hydrogens (tertiary/aromatic N) is 2. The maximum atomic E-state index is 6.00. The molecule has 2 rings (SSSR count). The highest BCUT2D eigenvalue weighted by atomic mass is 35.5. The van der Waals surface area contributed by atoms with Gasteiger partial charge in [-0.1, -0.05) is 17.7 Å². The summed E-state index contributed by atoms with van der Waals surface area (Å²) in [5, 5.41) is 8.48. The van der Waals surface area contributed by atoms with Crippen molar-refractivity contribution < 1.29 is 0 Å². The van der Waals surface area contributed by atoms with E-state index in [0.717, 1.165) is 23.7 Å². The molecule has 1 N–H and O–H groups in total. The third kappa shape index (κ3) is 4.54. The quantitative estimate of drug-likeness (QED) is 0.794. The molecule has 1 aromatic heterocycles. The van der Waals surface area contributed by atoms with Crippen LogP contribution in [0.3, 0.4) is 0 Å². The Morgan fingerprint density at radius 2 is 2.30 bits per heavy atom. The average molecular weight is 310 g/mol. The van der Waals surface area contributed by atoms with Gasteiger partial charge in [-0.3, -0.25) is 4.68 Å². The van der Waals surface area contributed by atoms with E-state index >= 15 is 0 Å². The Balaban J connectivity index is 1.89. The highest BCUT2D eigenvalue weighted by Crippen LogP contribution is 2.22. The summed E-state index contributed by atoms with van der Waals surface area (Å²) in [6, 6.07) is 8.42. The minimum atomic E-state index is 0.425. The number of aryl methyl sites for hydroxylation is 1. The molecule has 108 valence electrons. The van der Waals surface area contributed by atoms with Crippen LogP contribution in [0, 0.1) is 0 Å². The molecule has 0 bridgehead atoms. The van der Waals surface area contributed by atoms with Gasteiger partial charge in [-0.2, -0.15) is 5.10 Å². The highest BCUT2D eigenvalue weighted by molar-refractivity contribution is 7.99. The van der Waals surface area contributed by atoms with Crippen LogP contribution in [0.4, 0.5) is 0 Å². The van der Waals surface area contributed by atoms with Gasteiger partial charge in [0, 0.05) is 34.5 Å². The Morgan fingerprint density at radius 3 is 2.95 bits per heavy atom. The number of hydrogen-bond acceptors (Lipinski definition) is 3. The number of halogens is 1. The van der Waals surface area contributed by atoms with Gasteiger partial charge < -0.3 is 5.32 Å². The minimum Gasteiger partial charge on any atom is -0.316 e. The van der Waals surface area contributed by atoms with Crippen LogP contribution in [0.15, 0.2) is 41.6 Å². The fraction of sp³-hybridized carbons (Fsp3) is 0.400. The summed E-state index contributed by atoms with van der Waals surface area (Å²) >= 11 is 7.83. The van der Waals surface area contributed by atoms with Crippen LogP contribution >= 0.6 is 23.4 Å². The fourth-order valence-electron chi connectivity index (χ4n) is 1.97. The first-order valence-corrected chi connectivity index (χ1v) is 8.14. The van der Waals surface area contributed by atoms with Gasteiger partial charge in [0.1, 0.15) is 0 Å². The standard InChI is InChI=1S/C15H20ClN3S/c1-3-19-10-12(9-18-19)7-14(17-2)11-20-15-6-4-5-13(16)8-15/h4-6,8-10,14,17H,3,7,11H2,1-2H3. The zero-order valence-corrected chi connectivity index (χ0v) is 13.4. The second kappa shape index (κ2) is 7.72. The molecular formula is C15H20ClN3S. The van der Waals surface area contributed by atoms with E-state index in [2.05, 4.69) is 29.6 Å². The number of hydrogen-bond donors (Lipinski definition) is 1. The van der Waals surface area contributed by atoms with Gasteiger partial charge in [0.15, 0.2) is 0 Å². The molecule has 5 heteroatoms. The lowest BCUT2D eigenvalue weighted by molar-refractivity contribution is 0.615. The zero-order valence-electron chi connectivity index (χ0n) is 11.8. The summed E-state index contributed by atoms with van der Waals surface area (Å²) in [5.74, 6) is 1.01. The number of nitrogens with one attached hydrogen (secondary N) is 1. The molecule has 0 saturated carbocycles. The molecule has 20 heavy (non-hydrogen) atoms. The van der Waals surface area contributed by atoms with Crippen molar-refractivity contribution in [2.24, 2.45) is 0 Å². The van der Waals surface area contributed by atoms with Crippen molar-refractivity contribution in [3.8, 4) is 0 Å². The molecule has 0 saturated heterocycles. The van der Waals surface area contributed by atoms with Crippen molar-refractivity contribution >= 4 is 23.4 Å². The van der Waals surface area contributed by atoms with Crippen LogP contribution < -0.4 is 5.32 Å². The van der Waals surface area contributed by atoms with E-state index in [9.17, 15) is 0 Å². The van der Waals surface area contributed by atoms with Crippen molar-refractivity contribution in [1.82, 2.24) is 15.1 Å². The maximum absolute atomic E-state index is 6.00. The van der Waals surface area contributed by atoms with Gasteiger partial charge in [-0.05, 0) is 44.2 Å². The van der Waals surface area contributed by atoms with E-state index in [4.69, 9.17) is 11.6 Å². The summed E-state index contributed by atoms with van der Waals surface area (Å²) in [7, 11) is 2.01. The fourth-order valence-corrected chi connectivity index (χ4v) is 3.29. The largest absolute Gasteiger partial charge is 0.316 e. The van der Waals surface area contributed by atoms with Gasteiger partial charge >= 0.3 is 0 Å². The molecule has 1 aromatic carbocycles. The predicted molar refractivity (Wildman–Crippen MR) is 86.6 cm³/mol. The van der Waals surface area contributed by atoms with E-state index < -0.39 is 0 Å². The van der Waals surface area contributed by atoms with Crippen LogP contribution in [-0.2, 0) is 13.0 Å². The van der Waals surface area contributed by atoms with E-state index in [0.29, 0.717) is 6.04 Å². The van der Waals surface area contributed by atoms with Crippen molar-refractivity contribution in [3.63, 3.8) is 0 Å². The van der Waals surface area contributed by atoms with Gasteiger partial charge in [-0.15, -0.1) is 11.8 Å². The van der Waals surface area contributed by atoms with E-state index in [1.807, 2.05) is 47.9 Å². The zero-order chi connectivity index (χ0) is 14.4. The smallest absolute Gasteiger partial charge is 0.0522 e. The van der Waals surface area contributed by atoms with Crippen molar-refractivity contribution in [1.29, 1.82) is 0 Å². The molecular weight excluding hydrogens is 290 g/mol. The van der Waals surface area contributed by atoms with E-state index in [1.165, 1.54) is 10.5 Å². The monoisotopic (exact) mass is 309 g/mol. The molecule has 0 spiro atoms. The number of aromatic nitrogens is 2. The molecule has 1 heterocycles. The highest BCUT2D eigenvalue weighted by Gasteiger charge is 2.09. The van der Waals surface area contributed by atoms with Gasteiger partial charge in [0.2, 0.25) is 0 Å². The topological polar surface area (TPSA) is 29.9 Å². The Kier molecular flexibility index (Phi) is 5.95. The molecule has 0 fully saturated rings. The summed E-state index contributed by atoms with van der Waals surface area (Å²) < 4.78 is 1.96. The van der Waals surface area contributed by atoms with Crippen LogP contribution in [0.2, 0.25) is 5.02 Å². The van der Waals surface area contributed by atoms with Crippen LogP contribution in [0.5, 0.6) is 0 Å². The van der Waals surface area contributed by atoms with Crippen molar-refractivity contribution in [2.75, 3.05) is 12.8 Å². The van der Waals surface area contributed by atoms with Crippen molar-refractivity contribution in [3.05, 3.63) is 47.2 Å². The summed E-state index contributed by atoms with van der Waals surface area (Å²) in [6.45, 7) is 3.02. The number of likely N-dealkylation sites (N-methyl/N-ethyl adjacent to an activating group) is 1. The Hall–Kier alpha value is -0.970. The normalized spacial score (nSPS) is 12.6. The second-order valence-corrected chi connectivity index (χ2v) is 6.19. The lowest BCUT2D eigenvalue weighted by Crippen LogP contribution is -2.29. The van der Waals surface area contributed by atoms with Gasteiger partial charge in [-0.25, -0.2) is 0 Å².